The molecule has 0 aromatic carbocycles. The van der Waals surface area contributed by atoms with Gasteiger partial charge in [0.05, 0.1) is 6.10 Å². The molecule has 0 spiro atoms. The molecule has 0 radical (unpaired) electrons. The number of Topliss-reactive ketones (excluding diaryl/α,β-unsaturated/α-hetero) is 1. The van der Waals surface area contributed by atoms with Gasteiger partial charge in [-0.25, -0.2) is 0 Å². The molecule has 3 saturated carbocycles. The van der Waals surface area contributed by atoms with E-state index in [1.807, 2.05) is 6.92 Å². The van der Waals surface area contributed by atoms with E-state index < -0.39 is 30.2 Å². The fourth-order valence-corrected chi connectivity index (χ4v) is 7.71. The standard InChI is InChI=1S/C23H32O6.Na.H/c1-12(25)29-20-9-14(26)8-13-4-5-15-16-6-7-17(19(28)11-24)22(16,2)10-18(27)21(15)23(13,20)3;;/h8,15-18,20-21,24,27H,4-7,9-11H2,1-3H3;;/t15-,16-,17+,18-,20?,21+,22-,23+;;/m0../s1. The monoisotopic (exact) mass is 428 g/mol. The van der Waals surface area contributed by atoms with Crippen LogP contribution in [0.1, 0.15) is 59.3 Å². The van der Waals surface area contributed by atoms with Gasteiger partial charge in [-0.05, 0) is 55.4 Å². The molecule has 4 aliphatic rings. The van der Waals surface area contributed by atoms with E-state index in [4.69, 9.17) is 4.74 Å². The Hall–Kier alpha value is -0.530. The van der Waals surface area contributed by atoms with E-state index in [1.54, 1.807) is 6.08 Å². The molecule has 3 fully saturated rings. The maximum absolute atomic E-state index is 12.4. The molecule has 0 aromatic rings. The van der Waals surface area contributed by atoms with Crippen LogP contribution in [0.25, 0.3) is 0 Å². The van der Waals surface area contributed by atoms with Crippen LogP contribution in [-0.2, 0) is 19.1 Å². The summed E-state index contributed by atoms with van der Waals surface area (Å²) in [6, 6.07) is 0. The predicted octanol–water partition coefficient (Wildman–Crippen LogP) is 1.56. The Bertz CT molecular complexity index is 778. The van der Waals surface area contributed by atoms with Gasteiger partial charge in [0.25, 0.3) is 0 Å². The summed E-state index contributed by atoms with van der Waals surface area (Å²) < 4.78 is 5.65. The Labute approximate surface area is 200 Å². The van der Waals surface area contributed by atoms with Crippen LogP contribution in [0.5, 0.6) is 0 Å². The molecule has 162 valence electrons. The van der Waals surface area contributed by atoms with Crippen molar-refractivity contribution in [2.75, 3.05) is 6.61 Å². The first-order valence-corrected chi connectivity index (χ1v) is 10.9. The Balaban J connectivity index is 0.00000256. The topological polar surface area (TPSA) is 101 Å². The van der Waals surface area contributed by atoms with E-state index in [0.29, 0.717) is 6.42 Å². The van der Waals surface area contributed by atoms with Gasteiger partial charge in [-0.3, -0.25) is 14.4 Å². The molecule has 0 heterocycles. The summed E-state index contributed by atoms with van der Waals surface area (Å²) in [5.41, 5.74) is 0.103. The number of hydrogen-bond donors (Lipinski definition) is 2. The van der Waals surface area contributed by atoms with Gasteiger partial charge in [0.15, 0.2) is 11.6 Å². The van der Waals surface area contributed by atoms with Crippen LogP contribution in [-0.4, -0.2) is 76.1 Å². The zero-order chi connectivity index (χ0) is 21.1. The van der Waals surface area contributed by atoms with Crippen molar-refractivity contribution in [1.82, 2.24) is 0 Å². The normalized spacial score (nSPS) is 44.7. The number of ether oxygens (including phenoxy) is 1. The molecule has 0 amide bonds. The van der Waals surface area contributed by atoms with Crippen LogP contribution in [0.3, 0.4) is 0 Å². The van der Waals surface area contributed by atoms with Crippen LogP contribution < -0.4 is 0 Å². The number of aliphatic hydroxyl groups excluding tert-OH is 2. The first-order valence-electron chi connectivity index (χ1n) is 10.9. The van der Waals surface area contributed by atoms with E-state index >= 15 is 0 Å². The summed E-state index contributed by atoms with van der Waals surface area (Å²) >= 11 is 0. The molecule has 4 rings (SSSR count). The van der Waals surface area contributed by atoms with Gasteiger partial charge in [0.1, 0.15) is 12.7 Å². The maximum atomic E-state index is 12.4. The zero-order valence-corrected chi connectivity index (χ0v) is 17.5. The van der Waals surface area contributed by atoms with Crippen LogP contribution in [0.15, 0.2) is 11.6 Å². The minimum atomic E-state index is -0.645. The van der Waals surface area contributed by atoms with E-state index in [2.05, 4.69) is 6.92 Å². The van der Waals surface area contributed by atoms with Gasteiger partial charge >= 0.3 is 35.5 Å². The number of carbonyl (C=O) groups excluding carboxylic acids is 3. The van der Waals surface area contributed by atoms with Crippen molar-refractivity contribution >= 4 is 47.1 Å². The van der Waals surface area contributed by atoms with E-state index in [9.17, 15) is 24.6 Å². The average molecular weight is 429 g/mol. The first-order chi connectivity index (χ1) is 13.6. The van der Waals surface area contributed by atoms with Gasteiger partial charge in [-0.2, -0.15) is 0 Å². The van der Waals surface area contributed by atoms with Crippen LogP contribution >= 0.6 is 0 Å². The van der Waals surface area contributed by atoms with Crippen LogP contribution in [0.2, 0.25) is 0 Å². The Kier molecular flexibility index (Phi) is 6.78. The summed E-state index contributed by atoms with van der Waals surface area (Å²) in [7, 11) is 0. The third-order valence-electron chi connectivity index (χ3n) is 8.83. The van der Waals surface area contributed by atoms with Crippen LogP contribution in [0.4, 0.5) is 0 Å². The molecule has 6 nitrogen and oxygen atoms in total. The molecule has 0 aliphatic heterocycles. The fourth-order valence-electron chi connectivity index (χ4n) is 7.71. The second kappa shape index (κ2) is 8.43. The molecular formula is C23H33NaO6. The van der Waals surface area contributed by atoms with Gasteiger partial charge in [-0.15, -0.1) is 0 Å². The first kappa shape index (κ1) is 24.1. The van der Waals surface area contributed by atoms with Crippen molar-refractivity contribution in [3.63, 3.8) is 0 Å². The van der Waals surface area contributed by atoms with E-state index in [1.165, 1.54) is 6.92 Å². The Morgan fingerprint density at radius 1 is 1.23 bits per heavy atom. The molecule has 8 atom stereocenters. The van der Waals surface area contributed by atoms with Gasteiger partial charge < -0.3 is 14.9 Å². The zero-order valence-electron chi connectivity index (χ0n) is 17.5. The molecule has 30 heavy (non-hydrogen) atoms. The Morgan fingerprint density at radius 2 is 1.93 bits per heavy atom. The van der Waals surface area contributed by atoms with Crippen molar-refractivity contribution in [1.29, 1.82) is 0 Å². The number of ketones is 2. The summed E-state index contributed by atoms with van der Waals surface area (Å²) in [6.45, 7) is 5.07. The second-order valence-corrected chi connectivity index (χ2v) is 10.1. The molecule has 0 bridgehead atoms. The number of esters is 1. The van der Waals surface area contributed by atoms with Crippen molar-refractivity contribution in [2.24, 2.45) is 34.5 Å². The molecular weight excluding hydrogens is 395 g/mol. The second-order valence-electron chi connectivity index (χ2n) is 10.1. The number of hydrogen-bond acceptors (Lipinski definition) is 6. The fraction of sp³-hybridized carbons (Fsp3) is 0.783. The number of carbonyl (C=O) groups is 3. The van der Waals surface area contributed by atoms with E-state index in [-0.39, 0.29) is 76.6 Å². The molecule has 4 aliphatic carbocycles. The quantitative estimate of drug-likeness (QED) is 0.523. The van der Waals surface area contributed by atoms with Crippen molar-refractivity contribution < 1.29 is 29.3 Å². The van der Waals surface area contributed by atoms with Gasteiger partial charge in [0.2, 0.25) is 0 Å². The SMILES string of the molecule is CC(=O)OC1CC(=O)C=C2CC[C@@H]3[C@H]([C@@H](O)C[C@]4(C)[C@@H](C(=O)CO)CC[C@@H]34)[C@]21C.[NaH]. The van der Waals surface area contributed by atoms with Crippen molar-refractivity contribution in [2.45, 2.75) is 71.5 Å². The molecule has 2 N–H and O–H groups in total. The summed E-state index contributed by atoms with van der Waals surface area (Å²) in [4.78, 5) is 36.5. The molecule has 0 saturated heterocycles. The molecule has 7 heteroatoms. The van der Waals surface area contributed by atoms with Crippen LogP contribution in [0, 0.1) is 34.5 Å². The van der Waals surface area contributed by atoms with Gasteiger partial charge in [0, 0.05) is 30.6 Å². The third kappa shape index (κ3) is 3.47. The number of rotatable bonds is 3. The predicted molar refractivity (Wildman–Crippen MR) is 112 cm³/mol. The number of aliphatic hydroxyl groups is 2. The third-order valence-corrected chi connectivity index (χ3v) is 8.83. The van der Waals surface area contributed by atoms with Crippen molar-refractivity contribution in [3.8, 4) is 0 Å². The minimum absolute atomic E-state index is 0. The summed E-state index contributed by atoms with van der Waals surface area (Å²) in [5.74, 6) is -0.386. The molecule has 1 unspecified atom stereocenters. The molecule has 0 aromatic heterocycles. The van der Waals surface area contributed by atoms with Crippen molar-refractivity contribution in [3.05, 3.63) is 11.6 Å². The number of fused-ring (bicyclic) bond motifs is 5. The van der Waals surface area contributed by atoms with Gasteiger partial charge in [-0.1, -0.05) is 19.4 Å². The van der Waals surface area contributed by atoms with E-state index in [0.717, 1.165) is 31.3 Å². The summed E-state index contributed by atoms with van der Waals surface area (Å²) in [5, 5.41) is 20.8. The Morgan fingerprint density at radius 3 is 2.57 bits per heavy atom. The average Bonchev–Trinajstić information content (AvgIpc) is 2.98. The summed E-state index contributed by atoms with van der Waals surface area (Å²) in [6.07, 6.45) is 4.44.